The number of ether oxygens (including phenoxy) is 2. The van der Waals surface area contributed by atoms with Crippen LogP contribution in [0.4, 0.5) is 0 Å². The second kappa shape index (κ2) is 12.8. The zero-order valence-corrected chi connectivity index (χ0v) is 21.5. The highest BCUT2D eigenvalue weighted by Crippen LogP contribution is 2.29. The first kappa shape index (κ1) is 27.6. The molecule has 1 saturated heterocycles. The minimum Gasteiger partial charge on any atom is -0.491 e. The van der Waals surface area contributed by atoms with Crippen molar-refractivity contribution in [3.63, 3.8) is 0 Å². The summed E-state index contributed by atoms with van der Waals surface area (Å²) >= 11 is 0. The molecule has 0 radical (unpaired) electrons. The summed E-state index contributed by atoms with van der Waals surface area (Å²) in [5.74, 6) is 1.19. The summed E-state index contributed by atoms with van der Waals surface area (Å²) in [7, 11) is 0. The average Bonchev–Trinajstić information content (AvgIpc) is 2.98. The van der Waals surface area contributed by atoms with E-state index in [9.17, 15) is 9.90 Å². The fourth-order valence-electron chi connectivity index (χ4n) is 5.02. The van der Waals surface area contributed by atoms with Gasteiger partial charge in [-0.25, -0.2) is 0 Å². The Labute approximate surface area is 219 Å². The van der Waals surface area contributed by atoms with E-state index in [0.29, 0.717) is 37.6 Å². The first-order valence-corrected chi connectivity index (χ1v) is 12.1. The van der Waals surface area contributed by atoms with E-state index in [2.05, 4.69) is 34.5 Å². The van der Waals surface area contributed by atoms with Gasteiger partial charge in [-0.3, -0.25) is 9.69 Å². The molecular weight excluding hydrogens is 489 g/mol. The molecule has 2 unspecified atom stereocenters. The number of carbonyl (C=O) groups excluding carboxylic acids is 1. The number of nitrogens with one attached hydrogen (secondary N) is 1. The summed E-state index contributed by atoms with van der Waals surface area (Å²) in [5, 5.41) is 14.1. The molecule has 7 nitrogen and oxygen atoms in total. The fraction of sp³-hybridized carbons (Fsp3) is 0.500. The van der Waals surface area contributed by atoms with Crippen molar-refractivity contribution in [1.82, 2.24) is 15.1 Å². The van der Waals surface area contributed by atoms with Gasteiger partial charge in [-0.05, 0) is 49.1 Å². The molecule has 0 saturated carbocycles. The lowest BCUT2D eigenvalue weighted by atomic mass is 10.00. The summed E-state index contributed by atoms with van der Waals surface area (Å²) in [6.07, 6.45) is 2.66. The number of rotatable bonds is 6. The number of benzene rings is 2. The van der Waals surface area contributed by atoms with Gasteiger partial charge in [0.15, 0.2) is 0 Å². The Balaban J connectivity index is 0.00000171. The van der Waals surface area contributed by atoms with E-state index in [-0.39, 0.29) is 36.8 Å². The summed E-state index contributed by atoms with van der Waals surface area (Å²) in [6.45, 7) is 5.34. The van der Waals surface area contributed by atoms with Crippen LogP contribution in [0.3, 0.4) is 0 Å². The number of halogens is 2. The predicted molar refractivity (Wildman–Crippen MR) is 140 cm³/mol. The highest BCUT2D eigenvalue weighted by molar-refractivity contribution is 5.97. The molecule has 0 aromatic heterocycles. The van der Waals surface area contributed by atoms with Crippen molar-refractivity contribution < 1.29 is 19.4 Å². The number of aliphatic hydroxyl groups is 1. The van der Waals surface area contributed by atoms with Gasteiger partial charge in [0.2, 0.25) is 0 Å². The zero-order chi connectivity index (χ0) is 22.6. The van der Waals surface area contributed by atoms with E-state index in [4.69, 9.17) is 9.47 Å². The minimum absolute atomic E-state index is 0. The molecule has 2 N–H and O–H groups in total. The molecule has 9 heteroatoms. The van der Waals surface area contributed by atoms with Crippen molar-refractivity contribution in [2.75, 3.05) is 45.9 Å². The normalized spacial score (nSPS) is 20.8. The van der Waals surface area contributed by atoms with Gasteiger partial charge in [-0.15, -0.1) is 24.8 Å². The molecule has 2 aromatic carbocycles. The molecule has 0 bridgehead atoms. The van der Waals surface area contributed by atoms with E-state index in [0.717, 1.165) is 51.2 Å². The summed E-state index contributed by atoms with van der Waals surface area (Å²) in [5.41, 5.74) is 3.25. The van der Waals surface area contributed by atoms with Gasteiger partial charge in [-0.1, -0.05) is 24.3 Å². The molecule has 1 fully saturated rings. The molecule has 3 aliphatic heterocycles. The highest BCUT2D eigenvalue weighted by atomic mass is 35.5. The second-order valence-electron chi connectivity index (χ2n) is 9.25. The van der Waals surface area contributed by atoms with Crippen molar-refractivity contribution in [3.8, 4) is 11.5 Å². The third-order valence-corrected chi connectivity index (χ3v) is 6.75. The molecule has 2 atom stereocenters. The third-order valence-electron chi connectivity index (χ3n) is 6.75. The summed E-state index contributed by atoms with van der Waals surface area (Å²) in [6, 6.07) is 13.9. The van der Waals surface area contributed by atoms with E-state index in [1.165, 1.54) is 11.1 Å². The number of hydrogen-bond acceptors (Lipinski definition) is 6. The number of piperidine rings is 1. The second-order valence-corrected chi connectivity index (χ2v) is 9.25. The maximum Gasteiger partial charge on any atom is 0.257 e. The van der Waals surface area contributed by atoms with Crippen LogP contribution >= 0.6 is 24.8 Å². The van der Waals surface area contributed by atoms with Gasteiger partial charge in [0.05, 0.1) is 18.2 Å². The van der Waals surface area contributed by atoms with Gasteiger partial charge in [0.25, 0.3) is 5.91 Å². The number of nitrogens with zero attached hydrogens (tertiary/aromatic N) is 2. The van der Waals surface area contributed by atoms with E-state index in [1.807, 2.05) is 12.1 Å². The Bertz CT molecular complexity index is 987. The fourth-order valence-corrected chi connectivity index (χ4v) is 5.02. The van der Waals surface area contributed by atoms with Crippen molar-refractivity contribution in [3.05, 3.63) is 59.2 Å². The van der Waals surface area contributed by atoms with Crippen LogP contribution in [-0.4, -0.2) is 78.9 Å². The van der Waals surface area contributed by atoms with E-state index >= 15 is 0 Å². The van der Waals surface area contributed by atoms with Crippen LogP contribution in [0.1, 0.15) is 34.3 Å². The lowest BCUT2D eigenvalue weighted by Gasteiger charge is -2.32. The standard InChI is InChI=1S/C26H33N3O4.2ClH/c30-21(17-28-11-9-19-4-1-2-5-20(19)16-28)18-29-12-13-32-25-14-22(7-8-24(25)26(29)31)33-23-6-3-10-27-15-23;;/h1-2,4-5,7-8,14,21,23,27,30H,3,6,9-13,15-18H2;2*1H. The molecule has 2 aromatic rings. The molecule has 1 amide bonds. The maximum absolute atomic E-state index is 13.2. The molecule has 0 spiro atoms. The number of hydrogen-bond donors (Lipinski definition) is 2. The summed E-state index contributed by atoms with van der Waals surface area (Å²) < 4.78 is 12.0. The molecule has 0 aliphatic carbocycles. The van der Waals surface area contributed by atoms with Crippen LogP contribution in [0, 0.1) is 0 Å². The number of β-amino-alcohol motifs (C(OH)–C–C–N with tert-alkyl or cyclic N) is 1. The lowest BCUT2D eigenvalue weighted by Crippen LogP contribution is -2.44. The Morgan fingerprint density at radius 2 is 1.94 bits per heavy atom. The molecule has 3 heterocycles. The first-order valence-electron chi connectivity index (χ1n) is 12.1. The summed E-state index contributed by atoms with van der Waals surface area (Å²) in [4.78, 5) is 17.2. The highest BCUT2D eigenvalue weighted by Gasteiger charge is 2.27. The van der Waals surface area contributed by atoms with E-state index < -0.39 is 6.10 Å². The molecule has 35 heavy (non-hydrogen) atoms. The van der Waals surface area contributed by atoms with Crippen LogP contribution in [0.25, 0.3) is 0 Å². The van der Waals surface area contributed by atoms with Crippen LogP contribution in [0.15, 0.2) is 42.5 Å². The SMILES string of the molecule is Cl.Cl.O=C1c2ccc(OC3CCCNC3)cc2OCCN1CC(O)CN1CCc2ccccc2C1. The van der Waals surface area contributed by atoms with Crippen LogP contribution < -0.4 is 14.8 Å². The molecule has 5 rings (SSSR count). The van der Waals surface area contributed by atoms with Crippen molar-refractivity contribution in [1.29, 1.82) is 0 Å². The van der Waals surface area contributed by atoms with E-state index in [1.54, 1.807) is 11.0 Å². The monoisotopic (exact) mass is 523 g/mol. The molecular formula is C26H35Cl2N3O4. The largest absolute Gasteiger partial charge is 0.491 e. The lowest BCUT2D eigenvalue weighted by molar-refractivity contribution is 0.0501. The van der Waals surface area contributed by atoms with Gasteiger partial charge < -0.3 is 24.8 Å². The number of carbonyl (C=O) groups is 1. The topological polar surface area (TPSA) is 74.3 Å². The molecule has 192 valence electrons. The Morgan fingerprint density at radius 1 is 1.11 bits per heavy atom. The third kappa shape index (κ3) is 6.80. The first-order chi connectivity index (χ1) is 16.2. The average molecular weight is 524 g/mol. The van der Waals surface area contributed by atoms with Crippen molar-refractivity contribution in [2.45, 2.75) is 38.0 Å². The Kier molecular flexibility index (Phi) is 10.1. The van der Waals surface area contributed by atoms with Crippen molar-refractivity contribution >= 4 is 30.7 Å². The predicted octanol–water partition coefficient (Wildman–Crippen LogP) is 2.91. The van der Waals surface area contributed by atoms with Crippen LogP contribution in [-0.2, 0) is 13.0 Å². The van der Waals surface area contributed by atoms with Crippen LogP contribution in [0.2, 0.25) is 0 Å². The molecule has 3 aliphatic rings. The number of fused-ring (bicyclic) bond motifs is 2. The van der Waals surface area contributed by atoms with Gasteiger partial charge in [0.1, 0.15) is 24.2 Å². The number of amides is 1. The van der Waals surface area contributed by atoms with Gasteiger partial charge in [0, 0.05) is 38.8 Å². The van der Waals surface area contributed by atoms with Gasteiger partial charge in [-0.2, -0.15) is 0 Å². The quantitative estimate of drug-likeness (QED) is 0.606. The zero-order valence-electron chi connectivity index (χ0n) is 19.9. The van der Waals surface area contributed by atoms with Crippen molar-refractivity contribution in [2.24, 2.45) is 0 Å². The number of aliphatic hydroxyl groups excluding tert-OH is 1. The smallest absolute Gasteiger partial charge is 0.257 e. The Hall–Kier alpha value is -2.03. The maximum atomic E-state index is 13.2. The van der Waals surface area contributed by atoms with Crippen LogP contribution in [0.5, 0.6) is 11.5 Å². The minimum atomic E-state index is -0.609. The Morgan fingerprint density at radius 3 is 2.74 bits per heavy atom. The van der Waals surface area contributed by atoms with Gasteiger partial charge >= 0.3 is 0 Å².